The molecule has 8 nitrogen and oxygen atoms in total. The number of carbonyl (C=O) groups excluding carboxylic acids is 1. The molecule has 1 amide bonds. The number of carbonyl (C=O) groups is 1. The van der Waals surface area contributed by atoms with Gasteiger partial charge in [0.2, 0.25) is 5.91 Å². The van der Waals surface area contributed by atoms with Gasteiger partial charge >= 0.3 is 5.69 Å². The highest BCUT2D eigenvalue weighted by molar-refractivity contribution is 5.75. The minimum absolute atomic E-state index is 0.0330. The highest BCUT2D eigenvalue weighted by Crippen LogP contribution is 2.13. The first-order chi connectivity index (χ1) is 13.5. The molecule has 0 fully saturated rings. The summed E-state index contributed by atoms with van der Waals surface area (Å²) in [5.74, 6) is -0.413. The van der Waals surface area contributed by atoms with Crippen LogP contribution < -0.4 is 21.5 Å². The number of para-hydroxylation sites is 1. The highest BCUT2D eigenvalue weighted by atomic mass is 16.2. The number of amides is 1. The molecule has 3 rings (SSSR count). The molecule has 2 heterocycles. The lowest BCUT2D eigenvalue weighted by Crippen LogP contribution is -2.45. The molecule has 0 saturated heterocycles. The molecule has 0 spiro atoms. The lowest BCUT2D eigenvalue weighted by molar-refractivity contribution is -0.121. The minimum Gasteiger partial charge on any atom is -0.375 e. The summed E-state index contributed by atoms with van der Waals surface area (Å²) >= 11 is 0. The van der Waals surface area contributed by atoms with E-state index in [1.807, 2.05) is 43.4 Å². The van der Waals surface area contributed by atoms with E-state index in [-0.39, 0.29) is 12.1 Å². The molecular weight excluding hydrogens is 358 g/mol. The van der Waals surface area contributed by atoms with Crippen molar-refractivity contribution in [3.63, 3.8) is 0 Å². The summed E-state index contributed by atoms with van der Waals surface area (Å²) in [4.78, 5) is 39.2. The highest BCUT2D eigenvalue weighted by Gasteiger charge is 2.23. The van der Waals surface area contributed by atoms with Crippen molar-refractivity contribution in [1.29, 1.82) is 5.26 Å². The summed E-state index contributed by atoms with van der Waals surface area (Å²) in [7, 11) is 1.98. The van der Waals surface area contributed by atoms with Gasteiger partial charge in [0.05, 0.1) is 0 Å². The van der Waals surface area contributed by atoms with E-state index < -0.39 is 17.2 Å². The second-order valence-electron chi connectivity index (χ2n) is 6.82. The minimum atomic E-state index is -0.681. The summed E-state index contributed by atoms with van der Waals surface area (Å²) in [6.07, 6.45) is 1.97. The molecule has 1 N–H and O–H groups in total. The van der Waals surface area contributed by atoms with Crippen LogP contribution in [0, 0.1) is 11.3 Å². The Balaban J connectivity index is 1.58. The van der Waals surface area contributed by atoms with Gasteiger partial charge in [0.1, 0.15) is 18.2 Å². The number of nitrogens with zero attached hydrogens (tertiary/aromatic N) is 4. The van der Waals surface area contributed by atoms with E-state index in [9.17, 15) is 19.6 Å². The topological polar surface area (TPSA) is 100 Å². The van der Waals surface area contributed by atoms with Crippen molar-refractivity contribution in [2.45, 2.75) is 32.4 Å². The number of aromatic nitrogens is 2. The maximum Gasteiger partial charge on any atom is 0.331 e. The number of nitriles is 1. The van der Waals surface area contributed by atoms with Gasteiger partial charge in [-0.3, -0.25) is 14.2 Å². The van der Waals surface area contributed by atoms with Crippen molar-refractivity contribution in [2.24, 2.45) is 0 Å². The lowest BCUT2D eigenvalue weighted by atomic mass is 10.2. The number of nitrogens with one attached hydrogen (secondary N) is 1. The van der Waals surface area contributed by atoms with E-state index in [0.717, 1.165) is 23.2 Å². The van der Waals surface area contributed by atoms with E-state index in [0.29, 0.717) is 31.6 Å². The van der Waals surface area contributed by atoms with Crippen molar-refractivity contribution >= 4 is 11.6 Å². The number of anilines is 1. The maximum atomic E-state index is 12.5. The average Bonchev–Trinajstić information content (AvgIpc) is 3.19. The Bertz CT molecular complexity index is 1020. The summed E-state index contributed by atoms with van der Waals surface area (Å²) in [5.41, 5.74) is 0.345. The van der Waals surface area contributed by atoms with E-state index in [1.54, 1.807) is 0 Å². The number of benzene rings is 1. The van der Waals surface area contributed by atoms with Crippen molar-refractivity contribution in [1.82, 2.24) is 14.5 Å². The SMILES string of the molecule is CN(CCCNC(=O)Cn1c(=O)c(C#N)c2n(c1=O)CCC2)c1ccccc1. The van der Waals surface area contributed by atoms with Gasteiger partial charge < -0.3 is 10.2 Å². The first-order valence-corrected chi connectivity index (χ1v) is 9.32. The Labute approximate surface area is 162 Å². The summed E-state index contributed by atoms with van der Waals surface area (Å²) < 4.78 is 2.29. The van der Waals surface area contributed by atoms with Crippen LogP contribution in [0.3, 0.4) is 0 Å². The van der Waals surface area contributed by atoms with E-state index in [2.05, 4.69) is 10.2 Å². The van der Waals surface area contributed by atoms with Crippen LogP contribution in [-0.4, -0.2) is 35.2 Å². The van der Waals surface area contributed by atoms with Crippen LogP contribution in [0.4, 0.5) is 5.69 Å². The van der Waals surface area contributed by atoms with Gasteiger partial charge in [-0.1, -0.05) is 18.2 Å². The van der Waals surface area contributed by atoms with Crippen LogP contribution >= 0.6 is 0 Å². The summed E-state index contributed by atoms with van der Waals surface area (Å²) in [5, 5.41) is 12.0. The van der Waals surface area contributed by atoms with E-state index >= 15 is 0 Å². The smallest absolute Gasteiger partial charge is 0.331 e. The molecule has 28 heavy (non-hydrogen) atoms. The normalized spacial score (nSPS) is 12.3. The van der Waals surface area contributed by atoms with Crippen molar-refractivity contribution in [3.05, 3.63) is 62.4 Å². The number of fused-ring (bicyclic) bond motifs is 1. The first-order valence-electron chi connectivity index (χ1n) is 9.32. The zero-order chi connectivity index (χ0) is 20.1. The Kier molecular flexibility index (Phi) is 5.94. The second-order valence-corrected chi connectivity index (χ2v) is 6.82. The Morgan fingerprint density at radius 3 is 2.75 bits per heavy atom. The third-order valence-corrected chi connectivity index (χ3v) is 4.93. The van der Waals surface area contributed by atoms with E-state index in [4.69, 9.17) is 0 Å². The zero-order valence-corrected chi connectivity index (χ0v) is 15.9. The fraction of sp³-hybridized carbons (Fsp3) is 0.400. The molecule has 1 aliphatic heterocycles. The molecule has 1 aromatic carbocycles. The van der Waals surface area contributed by atoms with Crippen LogP contribution in [0.25, 0.3) is 0 Å². The molecule has 0 saturated carbocycles. The van der Waals surface area contributed by atoms with Crippen molar-refractivity contribution < 1.29 is 4.79 Å². The van der Waals surface area contributed by atoms with Crippen LogP contribution in [-0.2, 0) is 24.3 Å². The third-order valence-electron chi connectivity index (χ3n) is 4.93. The van der Waals surface area contributed by atoms with Crippen molar-refractivity contribution in [2.75, 3.05) is 25.0 Å². The molecule has 1 aromatic heterocycles. The fourth-order valence-electron chi connectivity index (χ4n) is 3.44. The molecule has 146 valence electrons. The van der Waals surface area contributed by atoms with E-state index in [1.165, 1.54) is 4.57 Å². The Morgan fingerprint density at radius 2 is 2.04 bits per heavy atom. The lowest BCUT2D eigenvalue weighted by Gasteiger charge is -2.19. The zero-order valence-electron chi connectivity index (χ0n) is 15.9. The largest absolute Gasteiger partial charge is 0.375 e. The quantitative estimate of drug-likeness (QED) is 0.703. The Morgan fingerprint density at radius 1 is 1.29 bits per heavy atom. The summed E-state index contributed by atoms with van der Waals surface area (Å²) in [6.45, 7) is 1.28. The van der Waals surface area contributed by atoms with Gasteiger partial charge in [-0.2, -0.15) is 5.26 Å². The molecule has 0 aliphatic carbocycles. The van der Waals surface area contributed by atoms with Gasteiger partial charge in [-0.05, 0) is 31.4 Å². The molecule has 1 aliphatic rings. The number of rotatable bonds is 7. The van der Waals surface area contributed by atoms with Crippen LogP contribution in [0.5, 0.6) is 0 Å². The standard InChI is InChI=1S/C20H23N5O3/c1-23(15-7-3-2-4-8-15)11-6-10-22-18(26)14-25-19(27)16(13-21)17-9-5-12-24(17)20(25)28/h2-4,7-8H,5-6,9-12,14H2,1H3,(H,22,26). The molecule has 0 atom stereocenters. The first kappa shape index (κ1) is 19.4. The van der Waals surface area contributed by atoms with Crippen molar-refractivity contribution in [3.8, 4) is 6.07 Å². The third kappa shape index (κ3) is 3.98. The Hall–Kier alpha value is -3.34. The summed E-state index contributed by atoms with van der Waals surface area (Å²) in [6, 6.07) is 11.8. The van der Waals surface area contributed by atoms with Gasteiger partial charge in [0, 0.05) is 38.1 Å². The molecule has 0 radical (unpaired) electrons. The van der Waals surface area contributed by atoms with Gasteiger partial charge in [-0.25, -0.2) is 9.36 Å². The van der Waals surface area contributed by atoms with Crippen LogP contribution in [0.1, 0.15) is 24.1 Å². The van der Waals surface area contributed by atoms with Crippen LogP contribution in [0.2, 0.25) is 0 Å². The molecule has 8 heteroatoms. The fourth-order valence-corrected chi connectivity index (χ4v) is 3.44. The van der Waals surface area contributed by atoms with Gasteiger partial charge in [-0.15, -0.1) is 0 Å². The molecule has 0 unspecified atom stereocenters. The van der Waals surface area contributed by atoms with Gasteiger partial charge in [0.15, 0.2) is 0 Å². The number of hydrogen-bond donors (Lipinski definition) is 1. The maximum absolute atomic E-state index is 12.5. The molecule has 2 aromatic rings. The van der Waals surface area contributed by atoms with Gasteiger partial charge in [0.25, 0.3) is 5.56 Å². The molecule has 0 bridgehead atoms. The number of hydrogen-bond acceptors (Lipinski definition) is 5. The second kappa shape index (κ2) is 8.57. The predicted octanol–water partition coefficient (Wildman–Crippen LogP) is 0.471. The average molecular weight is 381 g/mol. The predicted molar refractivity (Wildman–Crippen MR) is 105 cm³/mol. The van der Waals surface area contributed by atoms with Crippen LogP contribution in [0.15, 0.2) is 39.9 Å². The molecular formula is C20H23N5O3. The monoisotopic (exact) mass is 381 g/mol.